The molecule has 0 radical (unpaired) electrons. The summed E-state index contributed by atoms with van der Waals surface area (Å²) in [6, 6.07) is 12.3. The van der Waals surface area contributed by atoms with E-state index in [2.05, 4.69) is 5.32 Å². The molecule has 1 heterocycles. The van der Waals surface area contributed by atoms with Gasteiger partial charge in [-0.05, 0) is 63.1 Å². The molecule has 3 rings (SSSR count). The Hall–Kier alpha value is -2.54. The molecule has 144 valence electrons. The molecule has 1 N–H and O–H groups in total. The van der Waals surface area contributed by atoms with Gasteiger partial charge in [0.15, 0.2) is 0 Å². The number of ether oxygens (including phenoxy) is 1. The summed E-state index contributed by atoms with van der Waals surface area (Å²) in [5.74, 6) is 0.408. The Morgan fingerprint density at radius 1 is 1.22 bits per heavy atom. The zero-order valence-electron chi connectivity index (χ0n) is 15.7. The van der Waals surface area contributed by atoms with Gasteiger partial charge >= 0.3 is 0 Å². The second kappa shape index (κ2) is 7.60. The largest absolute Gasteiger partial charge is 0.492 e. The Kier molecular flexibility index (Phi) is 5.41. The van der Waals surface area contributed by atoms with Crippen molar-refractivity contribution < 1.29 is 17.9 Å². The number of benzene rings is 2. The van der Waals surface area contributed by atoms with Gasteiger partial charge in [0.1, 0.15) is 5.75 Å². The third-order valence-corrected chi connectivity index (χ3v) is 6.48. The Labute approximate surface area is 160 Å². The molecule has 2 aromatic carbocycles. The smallest absolute Gasteiger partial charge is 0.255 e. The van der Waals surface area contributed by atoms with Crippen molar-refractivity contribution in [3.05, 3.63) is 53.6 Å². The molecule has 2 aromatic rings. The number of nitrogens with one attached hydrogen (secondary N) is 1. The topological polar surface area (TPSA) is 75.7 Å². The normalized spacial score (nSPS) is 16.1. The number of nitrogens with zero attached hydrogens (tertiary/aromatic N) is 1. The van der Waals surface area contributed by atoms with Crippen LogP contribution in [0.1, 0.15) is 36.7 Å². The fourth-order valence-electron chi connectivity index (χ4n) is 3.35. The van der Waals surface area contributed by atoms with Crippen molar-refractivity contribution in [2.24, 2.45) is 0 Å². The van der Waals surface area contributed by atoms with Crippen LogP contribution in [0.2, 0.25) is 0 Å². The van der Waals surface area contributed by atoms with E-state index in [1.165, 1.54) is 4.31 Å². The molecular formula is C20H24N2O4S. The van der Waals surface area contributed by atoms with Crippen molar-refractivity contribution in [3.63, 3.8) is 0 Å². The summed E-state index contributed by atoms with van der Waals surface area (Å²) in [6.07, 6.45) is 0.589. The summed E-state index contributed by atoms with van der Waals surface area (Å²) >= 11 is 0. The average molecular weight is 388 g/mol. The summed E-state index contributed by atoms with van der Waals surface area (Å²) in [5, 5.41) is 2.87. The minimum atomic E-state index is -3.34. The molecule has 6 nitrogen and oxygen atoms in total. The summed E-state index contributed by atoms with van der Waals surface area (Å²) in [5.41, 5.74) is 2.62. The average Bonchev–Trinajstić information content (AvgIpc) is 2.99. The quantitative estimate of drug-likeness (QED) is 0.822. The summed E-state index contributed by atoms with van der Waals surface area (Å²) in [4.78, 5) is 12.7. The number of rotatable bonds is 6. The molecule has 1 amide bonds. The van der Waals surface area contributed by atoms with Crippen molar-refractivity contribution in [1.29, 1.82) is 0 Å². The first-order valence-corrected chi connectivity index (χ1v) is 10.7. The van der Waals surface area contributed by atoms with E-state index in [1.807, 2.05) is 26.0 Å². The van der Waals surface area contributed by atoms with Crippen LogP contribution < -0.4 is 14.4 Å². The van der Waals surface area contributed by atoms with Crippen molar-refractivity contribution in [2.45, 2.75) is 33.2 Å². The van der Waals surface area contributed by atoms with Crippen LogP contribution in [0.25, 0.3) is 0 Å². The van der Waals surface area contributed by atoms with E-state index >= 15 is 0 Å². The van der Waals surface area contributed by atoms with Crippen molar-refractivity contribution in [1.82, 2.24) is 0 Å². The number of anilines is 2. The van der Waals surface area contributed by atoms with Crippen molar-refractivity contribution >= 4 is 27.3 Å². The van der Waals surface area contributed by atoms with Crippen LogP contribution in [0.5, 0.6) is 5.75 Å². The zero-order valence-corrected chi connectivity index (χ0v) is 16.5. The van der Waals surface area contributed by atoms with Crippen molar-refractivity contribution in [2.75, 3.05) is 22.0 Å². The van der Waals surface area contributed by atoms with Crippen LogP contribution in [0.3, 0.4) is 0 Å². The molecule has 0 aliphatic carbocycles. The van der Waals surface area contributed by atoms with E-state index in [9.17, 15) is 13.2 Å². The number of amides is 1. The molecule has 0 saturated heterocycles. The molecule has 1 aliphatic rings. The molecule has 0 unspecified atom stereocenters. The number of hydrogen-bond acceptors (Lipinski definition) is 4. The van der Waals surface area contributed by atoms with Gasteiger partial charge < -0.3 is 10.1 Å². The van der Waals surface area contributed by atoms with Gasteiger partial charge in [0, 0.05) is 11.6 Å². The maximum atomic E-state index is 12.7. The van der Waals surface area contributed by atoms with Gasteiger partial charge in [0.05, 0.1) is 23.7 Å². The maximum absolute atomic E-state index is 12.7. The zero-order chi connectivity index (χ0) is 19.6. The minimum absolute atomic E-state index is 0.0488. The van der Waals surface area contributed by atoms with E-state index in [0.29, 0.717) is 35.7 Å². The molecule has 0 fully saturated rings. The van der Waals surface area contributed by atoms with Gasteiger partial charge in [0.25, 0.3) is 5.91 Å². The highest BCUT2D eigenvalue weighted by molar-refractivity contribution is 7.92. The number of fused-ring (bicyclic) bond motifs is 1. The highest BCUT2D eigenvalue weighted by atomic mass is 32.2. The molecule has 7 heteroatoms. The highest BCUT2D eigenvalue weighted by Gasteiger charge is 2.34. The Morgan fingerprint density at radius 2 is 1.96 bits per heavy atom. The van der Waals surface area contributed by atoms with Crippen LogP contribution in [0, 0.1) is 0 Å². The number of sulfonamides is 1. The third-order valence-electron chi connectivity index (χ3n) is 4.59. The van der Waals surface area contributed by atoms with Gasteiger partial charge in [-0.2, -0.15) is 0 Å². The lowest BCUT2D eigenvalue weighted by Crippen LogP contribution is -2.36. The van der Waals surface area contributed by atoms with Crippen LogP contribution >= 0.6 is 0 Å². The van der Waals surface area contributed by atoms with Crippen molar-refractivity contribution in [3.8, 4) is 5.75 Å². The molecule has 27 heavy (non-hydrogen) atoms. The van der Waals surface area contributed by atoms with E-state index < -0.39 is 10.0 Å². The highest BCUT2D eigenvalue weighted by Crippen LogP contribution is 2.35. The molecular weight excluding hydrogens is 364 g/mol. The monoisotopic (exact) mass is 388 g/mol. The second-order valence-corrected chi connectivity index (χ2v) is 8.61. The summed E-state index contributed by atoms with van der Waals surface area (Å²) in [7, 11) is -3.34. The summed E-state index contributed by atoms with van der Waals surface area (Å²) < 4.78 is 31.7. The van der Waals surface area contributed by atoms with Crippen LogP contribution in [0.15, 0.2) is 42.5 Å². The predicted molar refractivity (Wildman–Crippen MR) is 107 cm³/mol. The Morgan fingerprint density at radius 3 is 2.67 bits per heavy atom. The van der Waals surface area contributed by atoms with E-state index in [0.717, 1.165) is 5.56 Å². The predicted octanol–water partition coefficient (Wildman–Crippen LogP) is 3.44. The lowest BCUT2D eigenvalue weighted by molar-refractivity contribution is 0.102. The van der Waals surface area contributed by atoms with Gasteiger partial charge in [-0.1, -0.05) is 12.1 Å². The SMILES string of the molecule is CCOc1ccccc1NC(=O)c1ccc2c(c1)C[C@@H](C)N2S(=O)(=O)CC. The van der Waals surface area contributed by atoms with Gasteiger partial charge in [-0.15, -0.1) is 0 Å². The first-order valence-electron chi connectivity index (χ1n) is 9.05. The third kappa shape index (κ3) is 3.78. The number of carbonyl (C=O) groups is 1. The molecule has 1 atom stereocenters. The van der Waals surface area contributed by atoms with E-state index in [1.54, 1.807) is 37.3 Å². The molecule has 0 saturated carbocycles. The standard InChI is InChI=1S/C20H24N2O4S/c1-4-26-19-9-7-6-8-17(19)21-20(23)15-10-11-18-16(13-15)12-14(3)22(18)27(24,25)5-2/h6-11,13-14H,4-5,12H2,1-3H3,(H,21,23)/t14-/m1/s1. The molecule has 0 spiro atoms. The molecule has 0 aromatic heterocycles. The fraction of sp³-hybridized carbons (Fsp3) is 0.350. The second-order valence-electron chi connectivity index (χ2n) is 6.48. The number of para-hydroxylation sites is 2. The van der Waals surface area contributed by atoms with Crippen LogP contribution in [-0.2, 0) is 16.4 Å². The fourth-order valence-corrected chi connectivity index (χ4v) is 4.73. The molecule has 0 bridgehead atoms. The lowest BCUT2D eigenvalue weighted by Gasteiger charge is -2.23. The summed E-state index contributed by atoms with van der Waals surface area (Å²) in [6.45, 7) is 5.91. The number of hydrogen-bond donors (Lipinski definition) is 1. The lowest BCUT2D eigenvalue weighted by atomic mass is 10.1. The van der Waals surface area contributed by atoms with Crippen LogP contribution in [0.4, 0.5) is 11.4 Å². The van der Waals surface area contributed by atoms with Gasteiger partial charge in [-0.25, -0.2) is 8.42 Å². The van der Waals surface area contributed by atoms with E-state index in [4.69, 9.17) is 4.74 Å². The maximum Gasteiger partial charge on any atom is 0.255 e. The van der Waals surface area contributed by atoms with Gasteiger partial charge in [0.2, 0.25) is 10.0 Å². The Bertz CT molecular complexity index is 956. The number of carbonyl (C=O) groups excluding carboxylic acids is 1. The first kappa shape index (κ1) is 19.2. The minimum Gasteiger partial charge on any atom is -0.492 e. The van der Waals surface area contributed by atoms with Gasteiger partial charge in [-0.3, -0.25) is 9.10 Å². The Balaban J connectivity index is 1.86. The van der Waals surface area contributed by atoms with Crippen LogP contribution in [-0.4, -0.2) is 32.7 Å². The molecule has 1 aliphatic heterocycles. The van der Waals surface area contributed by atoms with E-state index in [-0.39, 0.29) is 17.7 Å². The first-order chi connectivity index (χ1) is 12.9.